The van der Waals surface area contributed by atoms with Crippen LogP contribution in [0.4, 0.5) is 9.52 Å². The number of hydrogen-bond donors (Lipinski definition) is 1. The molecule has 0 saturated carbocycles. The van der Waals surface area contributed by atoms with Gasteiger partial charge >= 0.3 is 0 Å². The summed E-state index contributed by atoms with van der Waals surface area (Å²) in [5.41, 5.74) is 1.34. The van der Waals surface area contributed by atoms with Crippen molar-refractivity contribution in [1.29, 1.82) is 0 Å². The van der Waals surface area contributed by atoms with Crippen LogP contribution >= 0.6 is 23.1 Å². The zero-order chi connectivity index (χ0) is 17.6. The van der Waals surface area contributed by atoms with Gasteiger partial charge in [-0.05, 0) is 35.9 Å². The summed E-state index contributed by atoms with van der Waals surface area (Å²) in [6.45, 7) is 0. The number of carbonyl (C=O) groups excluding carboxylic acids is 1. The maximum atomic E-state index is 13.2. The quantitative estimate of drug-likeness (QED) is 0.516. The van der Waals surface area contributed by atoms with Gasteiger partial charge in [-0.25, -0.2) is 4.39 Å². The zero-order valence-corrected chi connectivity index (χ0v) is 14.9. The van der Waals surface area contributed by atoms with Gasteiger partial charge in [-0.2, -0.15) is 0 Å². The maximum Gasteiger partial charge on any atom is 0.257 e. The summed E-state index contributed by atoms with van der Waals surface area (Å²) in [5.74, 6) is 0.641. The lowest BCUT2D eigenvalue weighted by Crippen LogP contribution is -2.11. The summed E-state index contributed by atoms with van der Waals surface area (Å²) < 4.78 is 19.1. The smallest absolute Gasteiger partial charge is 0.257 e. The first-order chi connectivity index (χ1) is 12.1. The molecule has 0 fully saturated rings. The molecule has 25 heavy (non-hydrogen) atoms. The average Bonchev–Trinajstić information content (AvgIpc) is 3.07. The van der Waals surface area contributed by atoms with Gasteiger partial charge in [-0.3, -0.25) is 10.1 Å². The molecule has 0 unspecified atom stereocenters. The normalized spacial score (nSPS) is 10.5. The highest BCUT2D eigenvalue weighted by Crippen LogP contribution is 2.29. The van der Waals surface area contributed by atoms with Gasteiger partial charge in [0.2, 0.25) is 5.13 Å². The van der Waals surface area contributed by atoms with Crippen LogP contribution < -0.4 is 10.1 Å². The van der Waals surface area contributed by atoms with Crippen molar-refractivity contribution in [2.75, 3.05) is 12.4 Å². The molecule has 0 aliphatic heterocycles. The Kier molecular flexibility index (Phi) is 5.62. The third-order valence-electron chi connectivity index (χ3n) is 3.21. The predicted molar refractivity (Wildman–Crippen MR) is 96.8 cm³/mol. The van der Waals surface area contributed by atoms with Gasteiger partial charge in [0.05, 0.1) is 7.11 Å². The molecule has 2 aromatic carbocycles. The highest BCUT2D eigenvalue weighted by atomic mass is 32.2. The van der Waals surface area contributed by atoms with Gasteiger partial charge < -0.3 is 4.74 Å². The molecule has 0 saturated heterocycles. The number of carbonyl (C=O) groups is 1. The molecule has 1 N–H and O–H groups in total. The SMILES string of the molecule is COc1cccc(CSc2nnc(NC(=O)c3cccc(F)c3)s2)c1. The van der Waals surface area contributed by atoms with Crippen LogP contribution in [0.2, 0.25) is 0 Å². The van der Waals surface area contributed by atoms with E-state index in [1.807, 2.05) is 24.3 Å². The van der Waals surface area contributed by atoms with E-state index in [-0.39, 0.29) is 5.56 Å². The number of ether oxygens (including phenoxy) is 1. The Hall–Kier alpha value is -2.45. The third-order valence-corrected chi connectivity index (χ3v) is 5.25. The number of rotatable bonds is 6. The topological polar surface area (TPSA) is 64.1 Å². The molecular weight excluding hydrogens is 361 g/mol. The fraction of sp³-hybridized carbons (Fsp3) is 0.118. The zero-order valence-electron chi connectivity index (χ0n) is 13.2. The Morgan fingerprint density at radius 2 is 2.08 bits per heavy atom. The van der Waals surface area contributed by atoms with E-state index in [1.165, 1.54) is 47.4 Å². The minimum atomic E-state index is -0.459. The van der Waals surface area contributed by atoms with E-state index in [1.54, 1.807) is 7.11 Å². The van der Waals surface area contributed by atoms with Crippen LogP contribution in [-0.2, 0) is 5.75 Å². The van der Waals surface area contributed by atoms with Crippen molar-refractivity contribution >= 4 is 34.1 Å². The van der Waals surface area contributed by atoms with Crippen molar-refractivity contribution in [2.24, 2.45) is 0 Å². The molecule has 0 aliphatic carbocycles. The second kappa shape index (κ2) is 8.09. The maximum absolute atomic E-state index is 13.2. The summed E-state index contributed by atoms with van der Waals surface area (Å²) in [4.78, 5) is 12.1. The number of anilines is 1. The third kappa shape index (κ3) is 4.77. The standard InChI is InChI=1S/C17H14FN3O2S2/c1-23-14-7-2-4-11(8-14)10-24-17-21-20-16(25-17)19-15(22)12-5-3-6-13(18)9-12/h2-9H,10H2,1H3,(H,19,20,22). The van der Waals surface area contributed by atoms with Crippen LogP contribution in [0, 0.1) is 5.82 Å². The largest absolute Gasteiger partial charge is 0.497 e. The molecule has 1 aromatic heterocycles. The molecule has 0 bridgehead atoms. The molecule has 1 heterocycles. The number of hydrogen-bond acceptors (Lipinski definition) is 6. The lowest BCUT2D eigenvalue weighted by Gasteiger charge is -2.02. The molecule has 3 rings (SSSR count). The van der Waals surface area contributed by atoms with Gasteiger partial charge in [0.25, 0.3) is 5.91 Å². The number of thioether (sulfide) groups is 1. The van der Waals surface area contributed by atoms with E-state index >= 15 is 0 Å². The predicted octanol–water partition coefficient (Wildman–Crippen LogP) is 4.23. The number of halogens is 1. The van der Waals surface area contributed by atoms with Crippen molar-refractivity contribution in [3.8, 4) is 5.75 Å². The lowest BCUT2D eigenvalue weighted by molar-refractivity contribution is 0.102. The van der Waals surface area contributed by atoms with Crippen molar-refractivity contribution in [3.05, 3.63) is 65.5 Å². The molecule has 0 atom stereocenters. The van der Waals surface area contributed by atoms with Crippen LogP contribution in [0.25, 0.3) is 0 Å². The number of methoxy groups -OCH3 is 1. The number of amides is 1. The number of nitrogens with zero attached hydrogens (tertiary/aromatic N) is 2. The van der Waals surface area contributed by atoms with Gasteiger partial charge in [0.15, 0.2) is 4.34 Å². The molecule has 1 amide bonds. The fourth-order valence-corrected chi connectivity index (χ4v) is 3.71. The van der Waals surface area contributed by atoms with E-state index in [9.17, 15) is 9.18 Å². The van der Waals surface area contributed by atoms with Crippen molar-refractivity contribution in [1.82, 2.24) is 10.2 Å². The van der Waals surface area contributed by atoms with Crippen molar-refractivity contribution < 1.29 is 13.9 Å². The number of benzene rings is 2. The first-order valence-electron chi connectivity index (χ1n) is 7.30. The molecule has 3 aromatic rings. The molecular formula is C17H14FN3O2S2. The molecule has 0 spiro atoms. The van der Waals surface area contributed by atoms with Gasteiger partial charge in [0.1, 0.15) is 11.6 Å². The minimum absolute atomic E-state index is 0.237. The minimum Gasteiger partial charge on any atom is -0.497 e. The summed E-state index contributed by atoms with van der Waals surface area (Å²) in [6, 6.07) is 13.3. The second-order valence-electron chi connectivity index (χ2n) is 4.98. The van der Waals surface area contributed by atoms with Gasteiger partial charge in [-0.1, -0.05) is 41.3 Å². The molecule has 8 heteroatoms. The van der Waals surface area contributed by atoms with Crippen LogP contribution in [-0.4, -0.2) is 23.2 Å². The van der Waals surface area contributed by atoms with Crippen molar-refractivity contribution in [2.45, 2.75) is 10.1 Å². The van der Waals surface area contributed by atoms with Crippen LogP contribution in [0.3, 0.4) is 0 Å². The molecule has 0 radical (unpaired) electrons. The van der Waals surface area contributed by atoms with E-state index < -0.39 is 11.7 Å². The first-order valence-corrected chi connectivity index (χ1v) is 9.10. The Bertz CT molecular complexity index is 886. The molecule has 128 valence electrons. The monoisotopic (exact) mass is 375 g/mol. The van der Waals surface area contributed by atoms with Gasteiger partial charge in [0, 0.05) is 11.3 Å². The molecule has 0 aliphatic rings. The Morgan fingerprint density at radius 3 is 2.88 bits per heavy atom. The number of aromatic nitrogens is 2. The Balaban J connectivity index is 1.59. The average molecular weight is 375 g/mol. The van der Waals surface area contributed by atoms with Gasteiger partial charge in [-0.15, -0.1) is 10.2 Å². The summed E-state index contributed by atoms with van der Waals surface area (Å²) in [5, 5.41) is 11.0. The summed E-state index contributed by atoms with van der Waals surface area (Å²) in [6.07, 6.45) is 0. The first kappa shape index (κ1) is 17.4. The molecule has 5 nitrogen and oxygen atoms in total. The Labute approximate surface area is 152 Å². The summed E-state index contributed by atoms with van der Waals surface area (Å²) >= 11 is 2.79. The Morgan fingerprint density at radius 1 is 1.24 bits per heavy atom. The van der Waals surface area contributed by atoms with E-state index in [0.717, 1.165) is 15.7 Å². The lowest BCUT2D eigenvalue weighted by atomic mass is 10.2. The van der Waals surface area contributed by atoms with E-state index in [2.05, 4.69) is 15.5 Å². The highest BCUT2D eigenvalue weighted by Gasteiger charge is 2.11. The fourth-order valence-electron chi connectivity index (χ4n) is 2.02. The second-order valence-corrected chi connectivity index (χ2v) is 7.18. The van der Waals surface area contributed by atoms with Crippen LogP contribution in [0.15, 0.2) is 52.9 Å². The summed E-state index contributed by atoms with van der Waals surface area (Å²) in [7, 11) is 1.63. The number of nitrogens with one attached hydrogen (secondary N) is 1. The van der Waals surface area contributed by atoms with E-state index in [0.29, 0.717) is 10.9 Å². The van der Waals surface area contributed by atoms with Crippen LogP contribution in [0.5, 0.6) is 5.75 Å². The van der Waals surface area contributed by atoms with E-state index in [4.69, 9.17) is 4.74 Å². The highest BCUT2D eigenvalue weighted by molar-refractivity contribution is 8.00. The van der Waals surface area contributed by atoms with Crippen LogP contribution in [0.1, 0.15) is 15.9 Å². The van der Waals surface area contributed by atoms with Crippen molar-refractivity contribution in [3.63, 3.8) is 0 Å².